The molecule has 0 unspecified atom stereocenters. The molecule has 3 rings (SSSR count). The number of ether oxygens (including phenoxy) is 23. The number of carbonyl (C=O) groups excluding carboxylic acids is 6. The summed E-state index contributed by atoms with van der Waals surface area (Å²) >= 11 is 0. The van der Waals surface area contributed by atoms with E-state index in [1.807, 2.05) is 71.9 Å². The first-order chi connectivity index (χ1) is 63.9. The van der Waals surface area contributed by atoms with Crippen LogP contribution < -0.4 is 24.2 Å². The van der Waals surface area contributed by atoms with E-state index in [1.54, 1.807) is 52.0 Å². The van der Waals surface area contributed by atoms with Crippen molar-refractivity contribution in [1.82, 2.24) is 20.0 Å². The van der Waals surface area contributed by atoms with Crippen LogP contribution in [0.3, 0.4) is 0 Å². The molecule has 0 bridgehead atoms. The predicted molar refractivity (Wildman–Crippen MR) is 494 cm³/mol. The number of Topliss-reactive ketones (excluding diaryl/α,β-unsaturated/α-hetero) is 1. The number of carboxylic acids is 1. The number of carboxylic acid groups (broad SMARTS) is 1. The number of likely N-dealkylation sites (N-methyl/N-ethyl adjacent to an activating group) is 2. The molecule has 38 nitrogen and oxygen atoms in total. The fraction of sp³-hybridized carbons (Fsp3) is 0.779. The van der Waals surface area contributed by atoms with Gasteiger partial charge in [0.25, 0.3) is 0 Å². The average molecular weight is 1910 g/mol. The second-order valence-electron chi connectivity index (χ2n) is 30.5. The summed E-state index contributed by atoms with van der Waals surface area (Å²) in [7, 11) is 7.70. The number of terminal acetylenes is 4. The number of hydrogen-bond donors (Lipinski definition) is 4. The maximum absolute atomic E-state index is 14.6. The normalized spacial score (nSPS) is 14.5. The SMILES string of the molecule is C#CCOCCOCCOCCOCCO.C#CCOCCOCCOCCOCCOCC(=O)N(C)[C@H](C(=O)C[C@H](C(=O)N(C)[C@@H]([C@@H](C)CC)[C@@H](CC(=O)N1CCC[C@H]1[C@H](OC)[C@@H](C)C(=O)N[C@H](C)[C@@H](O)c1ccccc1)OC)C(C)C)C(C)C.C#CCOCCOCCOCCOCCOCC(=O)O.C#CCOCCOCCOCCOCCOCC(=O)OC.C1CCOC1.[Li+].[OH-]. The third kappa shape index (κ3) is 71.9. The van der Waals surface area contributed by atoms with Gasteiger partial charge in [0.15, 0.2) is 5.78 Å². The Hall–Kier alpha value is -6.45. The van der Waals surface area contributed by atoms with Crippen molar-refractivity contribution in [2.45, 2.75) is 143 Å². The van der Waals surface area contributed by atoms with Gasteiger partial charge in [-0.05, 0) is 55.9 Å². The molecule has 768 valence electrons. The van der Waals surface area contributed by atoms with E-state index in [1.165, 1.54) is 24.9 Å². The van der Waals surface area contributed by atoms with Crippen LogP contribution in [-0.4, -0.2) is 426 Å². The predicted octanol–water partition coefficient (Wildman–Crippen LogP) is 1.54. The van der Waals surface area contributed by atoms with Crippen LogP contribution in [0.5, 0.6) is 0 Å². The first-order valence-corrected chi connectivity index (χ1v) is 45.5. The van der Waals surface area contributed by atoms with E-state index in [0.29, 0.717) is 230 Å². The second-order valence-corrected chi connectivity index (χ2v) is 30.5. The molecule has 0 aliphatic carbocycles. The molecule has 0 spiro atoms. The monoisotopic (exact) mass is 1910 g/mol. The minimum atomic E-state index is -0.988. The Balaban J connectivity index is -0.00000105. The van der Waals surface area contributed by atoms with E-state index in [2.05, 4.69) is 33.7 Å². The zero-order chi connectivity index (χ0) is 98.3. The molecule has 2 heterocycles. The van der Waals surface area contributed by atoms with Crippen LogP contribution in [0.15, 0.2) is 30.3 Å². The van der Waals surface area contributed by atoms with Gasteiger partial charge in [-0.3, -0.25) is 24.0 Å². The van der Waals surface area contributed by atoms with Crippen LogP contribution in [0.2, 0.25) is 0 Å². The Labute approximate surface area is 810 Å². The van der Waals surface area contributed by atoms with Crippen molar-refractivity contribution < 1.29 is 182 Å². The first kappa shape index (κ1) is 134. The summed E-state index contributed by atoms with van der Waals surface area (Å²) in [6.45, 7) is 31.6. The fourth-order valence-electron chi connectivity index (χ4n) is 12.8. The Morgan fingerprint density at radius 1 is 0.500 bits per heavy atom. The van der Waals surface area contributed by atoms with E-state index in [-0.39, 0.29) is 143 Å². The number of nitrogens with zero attached hydrogens (tertiary/aromatic N) is 3. The number of rotatable bonds is 78. The number of benzene rings is 1. The fourth-order valence-corrected chi connectivity index (χ4v) is 12.8. The summed E-state index contributed by atoms with van der Waals surface area (Å²) in [4.78, 5) is 95.8. The summed E-state index contributed by atoms with van der Waals surface area (Å²) in [5, 5.41) is 30.6. The van der Waals surface area contributed by atoms with Gasteiger partial charge in [-0.1, -0.05) is 109 Å². The van der Waals surface area contributed by atoms with E-state index >= 15 is 0 Å². The molecule has 10 atom stereocenters. The van der Waals surface area contributed by atoms with Crippen LogP contribution in [-0.2, 0) is 143 Å². The number of carbonyl (C=O) groups is 7. The molecule has 2 fully saturated rings. The molecule has 1 aromatic rings. The number of hydrogen-bond acceptors (Lipinski definition) is 33. The molecule has 2 aliphatic rings. The van der Waals surface area contributed by atoms with Gasteiger partial charge in [-0.25, -0.2) is 9.59 Å². The van der Waals surface area contributed by atoms with Gasteiger partial charge in [0.1, 0.15) is 46.2 Å². The first-order valence-electron chi connectivity index (χ1n) is 45.5. The summed E-state index contributed by atoms with van der Waals surface area (Å²) in [5.74, 6) is 4.91. The number of aliphatic hydroxyl groups excluding tert-OH is 2. The van der Waals surface area contributed by atoms with E-state index in [9.17, 15) is 38.7 Å². The van der Waals surface area contributed by atoms with Crippen LogP contribution >= 0.6 is 0 Å². The number of amides is 4. The van der Waals surface area contributed by atoms with Gasteiger partial charge >= 0.3 is 30.8 Å². The molecule has 134 heavy (non-hydrogen) atoms. The number of aliphatic hydroxyl groups is 2. The quantitative estimate of drug-likeness (QED) is 0.0311. The van der Waals surface area contributed by atoms with Gasteiger partial charge in [0, 0.05) is 60.4 Å². The second kappa shape index (κ2) is 95.5. The largest absolute Gasteiger partial charge is 1.00 e. The zero-order valence-electron chi connectivity index (χ0n) is 82.7. The summed E-state index contributed by atoms with van der Waals surface area (Å²) < 4.78 is 120. The van der Waals surface area contributed by atoms with Gasteiger partial charge in [-0.2, -0.15) is 0 Å². The number of nitrogens with one attached hydrogen (secondary N) is 1. The van der Waals surface area contributed by atoms with Gasteiger partial charge < -0.3 is 150 Å². The smallest absolute Gasteiger partial charge is 0.870 e. The Bertz CT molecular complexity index is 3140. The minimum Gasteiger partial charge on any atom is -0.870 e. The zero-order valence-corrected chi connectivity index (χ0v) is 82.7. The number of methoxy groups -OCH3 is 3. The number of likely N-dealkylation sites (tertiary alicyclic amines) is 1. The third-order valence-electron chi connectivity index (χ3n) is 19.8. The van der Waals surface area contributed by atoms with Crippen LogP contribution in [0.4, 0.5) is 0 Å². The summed E-state index contributed by atoms with van der Waals surface area (Å²) in [6, 6.07) is 6.88. The Morgan fingerprint density at radius 3 is 1.20 bits per heavy atom. The van der Waals surface area contributed by atoms with Crippen LogP contribution in [0, 0.1) is 79.0 Å². The molecule has 5 N–H and O–H groups in total. The van der Waals surface area contributed by atoms with Crippen LogP contribution in [0.1, 0.15) is 112 Å². The van der Waals surface area contributed by atoms with Crippen molar-refractivity contribution >= 4 is 41.4 Å². The summed E-state index contributed by atoms with van der Waals surface area (Å²) in [5.41, 5.74) is 0.693. The van der Waals surface area contributed by atoms with Gasteiger partial charge in [0.05, 0.1) is 273 Å². The molecule has 39 heteroatoms. The standard InChI is InChI=1S/C53H88N4O13.C14H24O7.C13H22O7.C11H20O5.C4H8O.Li.H2O/c1-14-24-66-25-26-67-27-28-68-29-30-69-31-32-70-35-47(60)55(10)48(37(5)6)44(58)33-42(36(3)4)53(63)56(11)49(38(7)15-2)45(64-12)34-46(59)57-23-19-22-43(57)51(65-13)39(8)52(62)54-40(9)50(61)41-20-17-16-18-21-41;1-3-4-17-5-6-18-7-8-19-9-10-20-11-12-21-13-14(15)16-2;1-2-3-16-4-5-17-6-7-18-8-9-19-10-11-20-12-13(14)15;1-2-4-13-6-8-15-10-11-16-9-7-14-5-3-12;1-2-4-5-3-1;;/h1,16-18,20-21,36-40,42-43,45,48-51,61H,15,19,22-35H2,2-13H3,(H,54,62);1H,4-13H2,2H3;1H,3-12H2,(H,14,15);1,12H,3-11H2;1-4H2;;1H2/q;;;;;+1;/p-1/t38-,39+,40+,42-,43-,45+,48-,49-,50+,51+;;;;;;/m0....../s1. The van der Waals surface area contributed by atoms with E-state index in [0.717, 1.165) is 19.6 Å². The van der Waals surface area contributed by atoms with Crippen molar-refractivity contribution in [2.75, 3.05) is 313 Å². The topological polar surface area (TPSA) is 444 Å². The van der Waals surface area contributed by atoms with Crippen molar-refractivity contribution in [3.05, 3.63) is 35.9 Å². The summed E-state index contributed by atoms with van der Waals surface area (Å²) in [6.07, 6.45) is 22.5. The van der Waals surface area contributed by atoms with Gasteiger partial charge in [0.2, 0.25) is 23.6 Å². The number of ketones is 1. The van der Waals surface area contributed by atoms with E-state index in [4.69, 9.17) is 140 Å². The molecule has 2 aliphatic heterocycles. The van der Waals surface area contributed by atoms with Crippen molar-refractivity contribution in [1.29, 1.82) is 0 Å². The molecule has 0 radical (unpaired) electrons. The Kier molecular flexibility index (Phi) is 95.3. The van der Waals surface area contributed by atoms with Crippen molar-refractivity contribution in [2.24, 2.45) is 29.6 Å². The Morgan fingerprint density at radius 2 is 0.873 bits per heavy atom. The molecule has 4 amide bonds. The minimum absolute atomic E-state index is 0. The molecule has 2 saturated heterocycles. The van der Waals surface area contributed by atoms with Crippen molar-refractivity contribution in [3.8, 4) is 49.4 Å². The molecule has 0 saturated carbocycles. The third-order valence-corrected chi connectivity index (χ3v) is 19.8. The molecular weight excluding hydrogens is 1750 g/mol. The van der Waals surface area contributed by atoms with Crippen LogP contribution in [0.25, 0.3) is 0 Å². The van der Waals surface area contributed by atoms with Gasteiger partial charge in [-0.15, -0.1) is 25.7 Å². The number of aliphatic carboxylic acids is 1. The van der Waals surface area contributed by atoms with E-state index < -0.39 is 60.2 Å². The molecule has 1 aromatic carbocycles. The maximum atomic E-state index is 14.6. The number of esters is 1. The van der Waals surface area contributed by atoms with Crippen molar-refractivity contribution in [3.63, 3.8) is 0 Å². The molecule has 0 aromatic heterocycles. The maximum Gasteiger partial charge on any atom is 1.00 e. The average Bonchev–Trinajstić information content (AvgIpc) is 1.23. The molecular formula is C95H163LiN4O34.